The molecule has 0 bridgehead atoms. The Morgan fingerprint density at radius 2 is 1.97 bits per heavy atom. The van der Waals surface area contributed by atoms with Crippen molar-refractivity contribution in [1.29, 1.82) is 0 Å². The normalized spacial score (nSPS) is 13.7. The van der Waals surface area contributed by atoms with E-state index in [9.17, 15) is 0 Å². The van der Waals surface area contributed by atoms with Crippen molar-refractivity contribution < 1.29 is 4.74 Å². The Hall–Kier alpha value is -4.37. The third-order valence-corrected chi connectivity index (χ3v) is 6.12. The molecule has 6 rings (SSSR count). The average Bonchev–Trinajstić information content (AvgIpc) is 3.26. The maximum absolute atomic E-state index is 6.13. The van der Waals surface area contributed by atoms with Crippen molar-refractivity contribution >= 4 is 39.1 Å². The molecule has 0 saturated carbocycles. The van der Waals surface area contributed by atoms with Crippen LogP contribution in [0.15, 0.2) is 60.9 Å². The lowest BCUT2D eigenvalue weighted by atomic mass is 10.1. The lowest BCUT2D eigenvalue weighted by Gasteiger charge is -2.15. The van der Waals surface area contributed by atoms with Gasteiger partial charge in [0, 0.05) is 25.3 Å². The Labute approximate surface area is 201 Å². The molecule has 0 amide bonds. The molecule has 0 atom stereocenters. The summed E-state index contributed by atoms with van der Waals surface area (Å²) in [7, 11) is 1.87. The highest BCUT2D eigenvalue weighted by molar-refractivity contribution is 5.88. The SMILES string of the molecule is Cc1cc(Nc2ncnc3ccc(C4=CCNCC4)nc23)ccc1Oc1ccc2c(c1)nnn2C. The minimum Gasteiger partial charge on any atom is -0.457 e. The van der Waals surface area contributed by atoms with Crippen LogP contribution in [-0.4, -0.2) is 43.0 Å². The molecule has 9 heteroatoms. The van der Waals surface area contributed by atoms with Crippen molar-refractivity contribution in [2.75, 3.05) is 18.4 Å². The topological polar surface area (TPSA) is 103 Å². The number of rotatable bonds is 5. The van der Waals surface area contributed by atoms with Crippen molar-refractivity contribution in [3.05, 3.63) is 72.2 Å². The van der Waals surface area contributed by atoms with E-state index in [1.54, 1.807) is 11.0 Å². The van der Waals surface area contributed by atoms with Gasteiger partial charge in [-0.3, -0.25) is 0 Å². The standard InChI is InChI=1S/C26H24N8O/c1-16-13-18(3-8-24(16)35-19-4-7-23-22(14-19)32-33-34(23)2)30-26-25-21(28-15-29-26)6-5-20(31-25)17-9-11-27-12-10-17/h3-9,13-15,27H,10-12H2,1-2H3,(H,28,29,30). The largest absolute Gasteiger partial charge is 0.457 e. The van der Waals surface area contributed by atoms with Gasteiger partial charge in [0.15, 0.2) is 5.82 Å². The fourth-order valence-corrected chi connectivity index (χ4v) is 4.25. The van der Waals surface area contributed by atoms with E-state index in [1.165, 1.54) is 5.57 Å². The van der Waals surface area contributed by atoms with E-state index < -0.39 is 0 Å². The number of aromatic nitrogens is 6. The highest BCUT2D eigenvalue weighted by Gasteiger charge is 2.12. The van der Waals surface area contributed by atoms with Crippen molar-refractivity contribution in [2.45, 2.75) is 13.3 Å². The summed E-state index contributed by atoms with van der Waals surface area (Å²) in [6.45, 7) is 3.84. The fourth-order valence-electron chi connectivity index (χ4n) is 4.25. The summed E-state index contributed by atoms with van der Waals surface area (Å²) in [6, 6.07) is 15.7. The number of anilines is 2. The van der Waals surface area contributed by atoms with Crippen LogP contribution in [0.2, 0.25) is 0 Å². The Kier molecular flexibility index (Phi) is 5.31. The number of fused-ring (bicyclic) bond motifs is 2. The second-order valence-corrected chi connectivity index (χ2v) is 8.54. The van der Waals surface area contributed by atoms with Crippen LogP contribution in [0, 0.1) is 6.92 Å². The van der Waals surface area contributed by atoms with Gasteiger partial charge in [-0.15, -0.1) is 5.10 Å². The molecule has 0 radical (unpaired) electrons. The summed E-state index contributed by atoms with van der Waals surface area (Å²) >= 11 is 0. The van der Waals surface area contributed by atoms with Crippen molar-refractivity contribution in [3.8, 4) is 11.5 Å². The van der Waals surface area contributed by atoms with E-state index in [-0.39, 0.29) is 0 Å². The molecule has 0 fully saturated rings. The lowest BCUT2D eigenvalue weighted by molar-refractivity contribution is 0.479. The summed E-state index contributed by atoms with van der Waals surface area (Å²) in [5, 5.41) is 15.0. The van der Waals surface area contributed by atoms with E-state index in [2.05, 4.69) is 37.0 Å². The van der Waals surface area contributed by atoms with Crippen LogP contribution in [0.25, 0.3) is 27.6 Å². The zero-order valence-electron chi connectivity index (χ0n) is 19.5. The number of aryl methyl sites for hydroxylation is 2. The van der Waals surface area contributed by atoms with Crippen LogP contribution in [0.4, 0.5) is 11.5 Å². The molecule has 0 spiro atoms. The van der Waals surface area contributed by atoms with Crippen LogP contribution in [0.3, 0.4) is 0 Å². The molecule has 174 valence electrons. The summed E-state index contributed by atoms with van der Waals surface area (Å²) < 4.78 is 7.87. The molecule has 9 nitrogen and oxygen atoms in total. The van der Waals surface area contributed by atoms with E-state index in [1.807, 2.05) is 62.5 Å². The lowest BCUT2D eigenvalue weighted by Crippen LogP contribution is -2.20. The molecular formula is C26H24N8O. The molecule has 2 aromatic carbocycles. The van der Waals surface area contributed by atoms with Gasteiger partial charge in [-0.2, -0.15) is 0 Å². The molecule has 35 heavy (non-hydrogen) atoms. The zero-order valence-corrected chi connectivity index (χ0v) is 19.5. The van der Waals surface area contributed by atoms with Crippen LogP contribution in [0.1, 0.15) is 17.7 Å². The van der Waals surface area contributed by atoms with Gasteiger partial charge < -0.3 is 15.4 Å². The van der Waals surface area contributed by atoms with Crippen LogP contribution in [-0.2, 0) is 7.05 Å². The van der Waals surface area contributed by atoms with Crippen molar-refractivity contribution in [2.24, 2.45) is 7.05 Å². The van der Waals surface area contributed by atoms with Crippen LogP contribution in [0.5, 0.6) is 11.5 Å². The van der Waals surface area contributed by atoms with Gasteiger partial charge in [-0.1, -0.05) is 11.3 Å². The monoisotopic (exact) mass is 464 g/mol. The van der Waals surface area contributed by atoms with E-state index in [0.29, 0.717) is 11.6 Å². The maximum Gasteiger partial charge on any atom is 0.160 e. The molecule has 4 heterocycles. The van der Waals surface area contributed by atoms with Gasteiger partial charge in [-0.25, -0.2) is 19.6 Å². The maximum atomic E-state index is 6.13. The third-order valence-electron chi connectivity index (χ3n) is 6.12. The smallest absolute Gasteiger partial charge is 0.160 e. The first-order valence-corrected chi connectivity index (χ1v) is 11.5. The minimum atomic E-state index is 0.674. The van der Waals surface area contributed by atoms with Crippen molar-refractivity contribution in [1.82, 2.24) is 35.3 Å². The second kappa shape index (κ2) is 8.77. The predicted octanol–water partition coefficient (Wildman–Crippen LogP) is 4.53. The van der Waals surface area contributed by atoms with E-state index in [4.69, 9.17) is 9.72 Å². The van der Waals surface area contributed by atoms with E-state index >= 15 is 0 Å². The minimum absolute atomic E-state index is 0.674. The highest BCUT2D eigenvalue weighted by Crippen LogP contribution is 2.31. The van der Waals surface area contributed by atoms with Crippen molar-refractivity contribution in [3.63, 3.8) is 0 Å². The fraction of sp³-hybridized carbons (Fsp3) is 0.192. The molecule has 1 aliphatic heterocycles. The summed E-state index contributed by atoms with van der Waals surface area (Å²) in [4.78, 5) is 13.8. The third kappa shape index (κ3) is 4.17. The average molecular weight is 465 g/mol. The zero-order chi connectivity index (χ0) is 23.8. The Balaban J connectivity index is 1.26. The van der Waals surface area contributed by atoms with Gasteiger partial charge in [0.2, 0.25) is 0 Å². The van der Waals surface area contributed by atoms with Gasteiger partial charge in [-0.05, 0) is 73.5 Å². The molecule has 0 saturated heterocycles. The molecule has 5 aromatic rings. The number of nitrogens with one attached hydrogen (secondary N) is 2. The van der Waals surface area contributed by atoms with Crippen LogP contribution < -0.4 is 15.4 Å². The Morgan fingerprint density at radius 3 is 2.83 bits per heavy atom. The molecule has 0 unspecified atom stereocenters. The summed E-state index contributed by atoms with van der Waals surface area (Å²) in [5.41, 5.74) is 7.40. The summed E-state index contributed by atoms with van der Waals surface area (Å²) in [5.74, 6) is 2.16. The second-order valence-electron chi connectivity index (χ2n) is 8.54. The van der Waals surface area contributed by atoms with Gasteiger partial charge in [0.25, 0.3) is 0 Å². The molecule has 1 aliphatic rings. The number of benzene rings is 2. The predicted molar refractivity (Wildman–Crippen MR) is 136 cm³/mol. The van der Waals surface area contributed by atoms with Crippen LogP contribution >= 0.6 is 0 Å². The van der Waals surface area contributed by atoms with E-state index in [0.717, 1.165) is 64.3 Å². The highest BCUT2D eigenvalue weighted by atomic mass is 16.5. The van der Waals surface area contributed by atoms with Gasteiger partial charge in [0.05, 0.1) is 16.7 Å². The Bertz CT molecular complexity index is 1590. The number of hydrogen-bond donors (Lipinski definition) is 2. The van der Waals surface area contributed by atoms with Gasteiger partial charge in [0.1, 0.15) is 28.9 Å². The molecule has 3 aromatic heterocycles. The number of ether oxygens (including phenoxy) is 1. The first-order chi connectivity index (χ1) is 17.1. The molecule has 0 aliphatic carbocycles. The number of pyridine rings is 1. The Morgan fingerprint density at radius 1 is 1.03 bits per heavy atom. The van der Waals surface area contributed by atoms with Gasteiger partial charge >= 0.3 is 0 Å². The quantitative estimate of drug-likeness (QED) is 0.391. The molecule has 2 N–H and O–H groups in total. The first kappa shape index (κ1) is 21.2. The number of hydrogen-bond acceptors (Lipinski definition) is 8. The number of nitrogens with zero attached hydrogens (tertiary/aromatic N) is 6. The first-order valence-electron chi connectivity index (χ1n) is 11.5. The molecular weight excluding hydrogens is 440 g/mol. The summed E-state index contributed by atoms with van der Waals surface area (Å²) in [6.07, 6.45) is 4.71.